The summed E-state index contributed by atoms with van der Waals surface area (Å²) in [7, 11) is 0. The minimum Gasteiger partial charge on any atom is -0.476 e. The molecule has 0 atom stereocenters. The summed E-state index contributed by atoms with van der Waals surface area (Å²) < 4.78 is 1.67. The van der Waals surface area contributed by atoms with Gasteiger partial charge in [0.1, 0.15) is 6.33 Å². The number of carbonyl (C=O) groups is 1. The first-order valence-electron chi connectivity index (χ1n) is 6.28. The van der Waals surface area contributed by atoms with Gasteiger partial charge < -0.3 is 9.67 Å². The molecular formula is C16H11ClN2O2. The quantitative estimate of drug-likeness (QED) is 0.798. The third-order valence-electron chi connectivity index (χ3n) is 3.13. The first kappa shape index (κ1) is 13.4. The van der Waals surface area contributed by atoms with Gasteiger partial charge in [0.25, 0.3) is 0 Å². The molecule has 0 aliphatic carbocycles. The molecule has 4 nitrogen and oxygen atoms in total. The largest absolute Gasteiger partial charge is 0.476 e. The molecule has 0 unspecified atom stereocenters. The monoisotopic (exact) mass is 298 g/mol. The summed E-state index contributed by atoms with van der Waals surface area (Å²) in [5, 5.41) is 9.59. The number of carboxylic acids is 1. The highest BCUT2D eigenvalue weighted by Crippen LogP contribution is 2.28. The van der Waals surface area contributed by atoms with Crippen LogP contribution in [0.1, 0.15) is 10.5 Å². The van der Waals surface area contributed by atoms with Crippen LogP contribution in [0.5, 0.6) is 0 Å². The summed E-state index contributed by atoms with van der Waals surface area (Å²) in [6.07, 6.45) is 2.96. The Bertz CT molecular complexity index is 811. The van der Waals surface area contributed by atoms with E-state index in [1.807, 2.05) is 48.5 Å². The molecule has 0 aliphatic rings. The van der Waals surface area contributed by atoms with Crippen molar-refractivity contribution in [3.05, 3.63) is 71.8 Å². The van der Waals surface area contributed by atoms with E-state index in [1.165, 1.54) is 12.5 Å². The summed E-state index contributed by atoms with van der Waals surface area (Å²) in [4.78, 5) is 14.7. The summed E-state index contributed by atoms with van der Waals surface area (Å²) in [6.45, 7) is 0. The molecule has 21 heavy (non-hydrogen) atoms. The number of nitrogens with zero attached hydrogens (tertiary/aromatic N) is 2. The van der Waals surface area contributed by atoms with Crippen LogP contribution in [0.25, 0.3) is 16.8 Å². The van der Waals surface area contributed by atoms with E-state index in [0.29, 0.717) is 5.02 Å². The summed E-state index contributed by atoms with van der Waals surface area (Å²) in [6, 6.07) is 15.3. The predicted molar refractivity (Wildman–Crippen MR) is 81.0 cm³/mol. The first-order chi connectivity index (χ1) is 10.1. The standard InChI is InChI=1S/C16H11ClN2O2/c17-14-7-2-1-6-13(14)11-4-3-5-12(8-11)19-9-15(16(20)21)18-10-19/h1-10H,(H,20,21). The van der Waals surface area contributed by atoms with Crippen molar-refractivity contribution in [3.63, 3.8) is 0 Å². The van der Waals surface area contributed by atoms with Crippen molar-refractivity contribution >= 4 is 17.6 Å². The van der Waals surface area contributed by atoms with E-state index in [1.54, 1.807) is 4.57 Å². The van der Waals surface area contributed by atoms with Crippen molar-refractivity contribution in [2.45, 2.75) is 0 Å². The van der Waals surface area contributed by atoms with Crippen molar-refractivity contribution in [1.29, 1.82) is 0 Å². The maximum absolute atomic E-state index is 10.9. The Balaban J connectivity index is 2.04. The highest BCUT2D eigenvalue weighted by atomic mass is 35.5. The van der Waals surface area contributed by atoms with Crippen LogP contribution in [0.15, 0.2) is 61.1 Å². The number of benzene rings is 2. The molecule has 0 radical (unpaired) electrons. The lowest BCUT2D eigenvalue weighted by Crippen LogP contribution is -1.96. The van der Waals surface area contributed by atoms with E-state index in [-0.39, 0.29) is 5.69 Å². The van der Waals surface area contributed by atoms with Crippen molar-refractivity contribution in [2.75, 3.05) is 0 Å². The molecule has 3 aromatic rings. The van der Waals surface area contributed by atoms with Crippen LogP contribution in [-0.4, -0.2) is 20.6 Å². The zero-order valence-electron chi connectivity index (χ0n) is 10.9. The third-order valence-corrected chi connectivity index (χ3v) is 3.46. The summed E-state index contributed by atoms with van der Waals surface area (Å²) in [5.41, 5.74) is 2.73. The van der Waals surface area contributed by atoms with Crippen molar-refractivity contribution in [2.24, 2.45) is 0 Å². The van der Waals surface area contributed by atoms with Crippen LogP contribution in [-0.2, 0) is 0 Å². The molecule has 0 amide bonds. The van der Waals surface area contributed by atoms with Crippen molar-refractivity contribution in [1.82, 2.24) is 9.55 Å². The number of carboxylic acid groups (broad SMARTS) is 1. The van der Waals surface area contributed by atoms with Gasteiger partial charge in [0.05, 0.1) is 0 Å². The van der Waals surface area contributed by atoms with Gasteiger partial charge in [0.2, 0.25) is 0 Å². The fourth-order valence-corrected chi connectivity index (χ4v) is 2.35. The third kappa shape index (κ3) is 2.66. The van der Waals surface area contributed by atoms with Gasteiger partial charge in [-0.1, -0.05) is 41.9 Å². The van der Waals surface area contributed by atoms with E-state index in [9.17, 15) is 4.79 Å². The van der Waals surface area contributed by atoms with Crippen LogP contribution in [0, 0.1) is 0 Å². The van der Waals surface area contributed by atoms with Crippen molar-refractivity contribution in [3.8, 4) is 16.8 Å². The van der Waals surface area contributed by atoms with Crippen molar-refractivity contribution < 1.29 is 9.90 Å². The normalized spacial score (nSPS) is 10.5. The number of aromatic nitrogens is 2. The molecule has 0 bridgehead atoms. The van der Waals surface area contributed by atoms with Gasteiger partial charge in [-0.3, -0.25) is 0 Å². The second-order valence-electron chi connectivity index (χ2n) is 4.50. The molecule has 0 aliphatic heterocycles. The molecule has 1 heterocycles. The highest BCUT2D eigenvalue weighted by molar-refractivity contribution is 6.33. The molecular weight excluding hydrogens is 288 g/mol. The Morgan fingerprint density at radius 1 is 1.14 bits per heavy atom. The molecule has 1 N–H and O–H groups in total. The molecule has 1 aromatic heterocycles. The van der Waals surface area contributed by atoms with Crippen LogP contribution >= 0.6 is 11.6 Å². The molecule has 5 heteroatoms. The second kappa shape index (κ2) is 5.42. The molecule has 0 saturated heterocycles. The molecule has 0 fully saturated rings. The van der Waals surface area contributed by atoms with Gasteiger partial charge in [-0.25, -0.2) is 9.78 Å². The van der Waals surface area contributed by atoms with Crippen LogP contribution in [0.2, 0.25) is 5.02 Å². The molecule has 2 aromatic carbocycles. The highest BCUT2D eigenvalue weighted by Gasteiger charge is 2.09. The predicted octanol–water partition coefficient (Wildman–Crippen LogP) is 3.89. The maximum atomic E-state index is 10.9. The summed E-state index contributed by atoms with van der Waals surface area (Å²) >= 11 is 6.21. The number of hydrogen-bond acceptors (Lipinski definition) is 2. The molecule has 104 valence electrons. The zero-order chi connectivity index (χ0) is 14.8. The van der Waals surface area contributed by atoms with E-state index in [2.05, 4.69) is 4.98 Å². The summed E-state index contributed by atoms with van der Waals surface area (Å²) in [5.74, 6) is -1.05. The van der Waals surface area contributed by atoms with Gasteiger partial charge in [-0.2, -0.15) is 0 Å². The van der Waals surface area contributed by atoms with E-state index >= 15 is 0 Å². The fourth-order valence-electron chi connectivity index (χ4n) is 2.10. The molecule has 0 spiro atoms. The zero-order valence-corrected chi connectivity index (χ0v) is 11.7. The Morgan fingerprint density at radius 3 is 2.67 bits per heavy atom. The van der Waals surface area contributed by atoms with Gasteiger partial charge in [0, 0.05) is 22.5 Å². The van der Waals surface area contributed by atoms with Crippen LogP contribution in [0.3, 0.4) is 0 Å². The lowest BCUT2D eigenvalue weighted by molar-refractivity contribution is 0.0691. The Hall–Kier alpha value is -2.59. The number of imidazole rings is 1. The lowest BCUT2D eigenvalue weighted by atomic mass is 10.1. The second-order valence-corrected chi connectivity index (χ2v) is 4.91. The Labute approximate surface area is 126 Å². The number of halogens is 1. The molecule has 3 rings (SSSR count). The maximum Gasteiger partial charge on any atom is 0.356 e. The minimum atomic E-state index is -1.05. The fraction of sp³-hybridized carbons (Fsp3) is 0. The molecule has 0 saturated carbocycles. The minimum absolute atomic E-state index is 0.0122. The Kier molecular flexibility index (Phi) is 3.46. The number of aromatic carboxylic acids is 1. The van der Waals surface area contributed by atoms with E-state index < -0.39 is 5.97 Å². The topological polar surface area (TPSA) is 55.1 Å². The van der Waals surface area contributed by atoms with Gasteiger partial charge in [-0.15, -0.1) is 0 Å². The average molecular weight is 299 g/mol. The van der Waals surface area contributed by atoms with Crippen LogP contribution in [0.4, 0.5) is 0 Å². The SMILES string of the molecule is O=C(O)c1cn(-c2cccc(-c3ccccc3Cl)c2)cn1. The number of rotatable bonds is 3. The van der Waals surface area contributed by atoms with Gasteiger partial charge in [0.15, 0.2) is 5.69 Å². The smallest absolute Gasteiger partial charge is 0.356 e. The Morgan fingerprint density at radius 2 is 1.95 bits per heavy atom. The van der Waals surface area contributed by atoms with Gasteiger partial charge in [-0.05, 0) is 23.8 Å². The first-order valence-corrected chi connectivity index (χ1v) is 6.65. The average Bonchev–Trinajstić information content (AvgIpc) is 2.98. The van der Waals surface area contributed by atoms with E-state index in [0.717, 1.165) is 16.8 Å². The van der Waals surface area contributed by atoms with Gasteiger partial charge >= 0.3 is 5.97 Å². The number of hydrogen-bond donors (Lipinski definition) is 1. The van der Waals surface area contributed by atoms with E-state index in [4.69, 9.17) is 16.7 Å². The van der Waals surface area contributed by atoms with Crippen LogP contribution < -0.4 is 0 Å². The lowest BCUT2D eigenvalue weighted by Gasteiger charge is -2.07.